The van der Waals surface area contributed by atoms with E-state index in [1.54, 1.807) is 18.2 Å². The quantitative estimate of drug-likeness (QED) is 0.848. The number of benzene rings is 1. The Kier molecular flexibility index (Phi) is 3.91. The van der Waals surface area contributed by atoms with E-state index in [0.29, 0.717) is 11.1 Å². The van der Waals surface area contributed by atoms with Crippen molar-refractivity contribution < 1.29 is 22.7 Å². The molecular formula is C15H18N2O5S. The number of hydrogen-bond donors (Lipinski definition) is 2. The number of sulfonamides is 1. The Morgan fingerprint density at radius 1 is 1.35 bits per heavy atom. The fourth-order valence-electron chi connectivity index (χ4n) is 2.83. The molecule has 0 unspecified atom stereocenters. The van der Waals surface area contributed by atoms with Crippen molar-refractivity contribution in [1.29, 1.82) is 0 Å². The summed E-state index contributed by atoms with van der Waals surface area (Å²) >= 11 is 0. The molecule has 8 heteroatoms. The molecule has 0 spiro atoms. The van der Waals surface area contributed by atoms with Crippen LogP contribution in [0.5, 0.6) is 0 Å². The van der Waals surface area contributed by atoms with Gasteiger partial charge in [0.2, 0.25) is 10.0 Å². The summed E-state index contributed by atoms with van der Waals surface area (Å²) in [6.45, 7) is 2.06. The van der Waals surface area contributed by atoms with Crippen molar-refractivity contribution in [2.24, 2.45) is 0 Å². The smallest absolute Gasteiger partial charge is 0.254 e. The van der Waals surface area contributed by atoms with Crippen LogP contribution in [0.2, 0.25) is 0 Å². The number of β-amino-alcohol motifs (C(OH)–C–C–N with tert-alkyl or cyclic N) is 1. The van der Waals surface area contributed by atoms with Crippen molar-refractivity contribution in [2.75, 3.05) is 19.3 Å². The van der Waals surface area contributed by atoms with Gasteiger partial charge in [-0.1, -0.05) is 0 Å². The van der Waals surface area contributed by atoms with Crippen LogP contribution >= 0.6 is 0 Å². The number of fused-ring (bicyclic) bond motifs is 1. The Hall–Kier alpha value is -1.90. The second-order valence-corrected chi connectivity index (χ2v) is 7.66. The number of aliphatic hydroxyl groups excluding tert-OH is 1. The van der Waals surface area contributed by atoms with E-state index in [-0.39, 0.29) is 19.0 Å². The second kappa shape index (κ2) is 5.63. The summed E-state index contributed by atoms with van der Waals surface area (Å²) in [5.74, 6) is 0.515. The molecule has 2 aromatic rings. The van der Waals surface area contributed by atoms with Crippen LogP contribution in [0.15, 0.2) is 28.7 Å². The monoisotopic (exact) mass is 338 g/mol. The van der Waals surface area contributed by atoms with E-state index in [4.69, 9.17) is 4.42 Å². The van der Waals surface area contributed by atoms with Gasteiger partial charge < -0.3 is 14.4 Å². The lowest BCUT2D eigenvalue weighted by molar-refractivity contribution is 0.0765. The highest BCUT2D eigenvalue weighted by Gasteiger charge is 2.35. The average Bonchev–Trinajstić information content (AvgIpc) is 2.98. The van der Waals surface area contributed by atoms with E-state index >= 15 is 0 Å². The minimum Gasteiger partial charge on any atom is -0.461 e. The van der Waals surface area contributed by atoms with Gasteiger partial charge in [0.15, 0.2) is 0 Å². The van der Waals surface area contributed by atoms with E-state index in [1.807, 2.05) is 13.0 Å². The molecule has 1 aromatic heterocycles. The zero-order valence-electron chi connectivity index (χ0n) is 12.8. The van der Waals surface area contributed by atoms with E-state index in [0.717, 1.165) is 17.4 Å². The molecule has 0 bridgehead atoms. The maximum atomic E-state index is 12.6. The molecule has 0 radical (unpaired) electrons. The number of aryl methyl sites for hydroxylation is 1. The first kappa shape index (κ1) is 16.0. The van der Waals surface area contributed by atoms with Gasteiger partial charge in [-0.3, -0.25) is 4.79 Å². The van der Waals surface area contributed by atoms with E-state index in [9.17, 15) is 18.3 Å². The molecule has 1 amide bonds. The number of nitrogens with one attached hydrogen (secondary N) is 1. The SMILES string of the molecule is Cc1cc2cc(C(=O)N3C[C@@H](O)[C@H](NS(C)(=O)=O)C3)ccc2o1. The maximum absolute atomic E-state index is 12.6. The van der Waals surface area contributed by atoms with Crippen LogP contribution in [0.3, 0.4) is 0 Å². The molecule has 0 aliphatic carbocycles. The van der Waals surface area contributed by atoms with E-state index in [2.05, 4.69) is 4.72 Å². The minimum absolute atomic E-state index is 0.0917. The average molecular weight is 338 g/mol. The largest absolute Gasteiger partial charge is 0.461 e. The van der Waals surface area contributed by atoms with Crippen molar-refractivity contribution >= 4 is 26.9 Å². The van der Waals surface area contributed by atoms with Crippen molar-refractivity contribution in [3.05, 3.63) is 35.6 Å². The molecule has 124 valence electrons. The van der Waals surface area contributed by atoms with Gasteiger partial charge in [0.05, 0.1) is 18.4 Å². The molecular weight excluding hydrogens is 320 g/mol. The number of furan rings is 1. The number of nitrogens with zero attached hydrogens (tertiary/aromatic N) is 1. The Morgan fingerprint density at radius 3 is 2.78 bits per heavy atom. The Bertz CT molecular complexity index is 858. The van der Waals surface area contributed by atoms with Crippen LogP contribution < -0.4 is 4.72 Å². The Labute approximate surface area is 133 Å². The van der Waals surface area contributed by atoms with Crippen molar-refractivity contribution in [2.45, 2.75) is 19.1 Å². The number of amides is 1. The Balaban J connectivity index is 1.79. The molecule has 0 saturated carbocycles. The topological polar surface area (TPSA) is 99.9 Å². The highest BCUT2D eigenvalue weighted by molar-refractivity contribution is 7.88. The Morgan fingerprint density at radius 2 is 2.09 bits per heavy atom. The summed E-state index contributed by atoms with van der Waals surface area (Å²) in [6, 6.07) is 6.29. The fourth-order valence-corrected chi connectivity index (χ4v) is 3.62. The summed E-state index contributed by atoms with van der Waals surface area (Å²) in [5, 5.41) is 10.8. The summed E-state index contributed by atoms with van der Waals surface area (Å²) in [7, 11) is -3.44. The molecule has 1 aromatic carbocycles. The molecule has 7 nitrogen and oxygen atoms in total. The maximum Gasteiger partial charge on any atom is 0.254 e. The number of carbonyl (C=O) groups is 1. The molecule has 1 aliphatic heterocycles. The molecule has 1 fully saturated rings. The molecule has 2 N–H and O–H groups in total. The fraction of sp³-hybridized carbons (Fsp3) is 0.400. The first-order valence-corrected chi connectivity index (χ1v) is 9.07. The van der Waals surface area contributed by atoms with Gasteiger partial charge in [0, 0.05) is 24.0 Å². The first-order chi connectivity index (χ1) is 10.7. The molecule has 2 atom stereocenters. The van der Waals surface area contributed by atoms with Gasteiger partial charge in [0.25, 0.3) is 5.91 Å². The summed E-state index contributed by atoms with van der Waals surface area (Å²) in [5.41, 5.74) is 1.18. The van der Waals surface area contributed by atoms with Crippen molar-refractivity contribution in [1.82, 2.24) is 9.62 Å². The third-order valence-electron chi connectivity index (χ3n) is 3.83. The highest BCUT2D eigenvalue weighted by Crippen LogP contribution is 2.22. The van der Waals surface area contributed by atoms with E-state index in [1.165, 1.54) is 4.90 Å². The zero-order chi connectivity index (χ0) is 16.8. The molecule has 3 rings (SSSR count). The molecule has 23 heavy (non-hydrogen) atoms. The van der Waals surface area contributed by atoms with Crippen molar-refractivity contribution in [3.63, 3.8) is 0 Å². The van der Waals surface area contributed by atoms with Crippen LogP contribution in [-0.4, -0.2) is 55.8 Å². The highest BCUT2D eigenvalue weighted by atomic mass is 32.2. The first-order valence-electron chi connectivity index (χ1n) is 7.18. The van der Waals surface area contributed by atoms with Gasteiger partial charge >= 0.3 is 0 Å². The normalized spacial score (nSPS) is 22.0. The van der Waals surface area contributed by atoms with Crippen LogP contribution in [-0.2, 0) is 10.0 Å². The van der Waals surface area contributed by atoms with Crippen LogP contribution in [0.4, 0.5) is 0 Å². The minimum atomic E-state index is -3.44. The standard InChI is InChI=1S/C15H18N2O5S/c1-9-5-11-6-10(3-4-14(11)22-9)15(19)17-7-12(13(18)8-17)16-23(2,20)21/h3-6,12-13,16,18H,7-8H2,1-2H3/t12-,13-/m1/s1. The molecule has 1 saturated heterocycles. The van der Waals surface area contributed by atoms with Crippen LogP contribution in [0.25, 0.3) is 11.0 Å². The van der Waals surface area contributed by atoms with Gasteiger partial charge in [-0.2, -0.15) is 0 Å². The lowest BCUT2D eigenvalue weighted by Crippen LogP contribution is -2.42. The van der Waals surface area contributed by atoms with Gasteiger partial charge in [-0.15, -0.1) is 0 Å². The van der Waals surface area contributed by atoms with Crippen molar-refractivity contribution in [3.8, 4) is 0 Å². The number of hydrogen-bond acceptors (Lipinski definition) is 5. The molecule has 2 heterocycles. The van der Waals surface area contributed by atoms with Crippen LogP contribution in [0.1, 0.15) is 16.1 Å². The van der Waals surface area contributed by atoms with Crippen LogP contribution in [0, 0.1) is 6.92 Å². The number of aliphatic hydroxyl groups is 1. The van der Waals surface area contributed by atoms with Gasteiger partial charge in [-0.05, 0) is 31.2 Å². The zero-order valence-corrected chi connectivity index (χ0v) is 13.6. The third kappa shape index (κ3) is 3.39. The number of carbonyl (C=O) groups excluding carboxylic acids is 1. The predicted molar refractivity (Wildman–Crippen MR) is 84.6 cm³/mol. The van der Waals surface area contributed by atoms with E-state index < -0.39 is 22.2 Å². The lowest BCUT2D eigenvalue weighted by atomic mass is 10.1. The summed E-state index contributed by atoms with van der Waals surface area (Å²) in [6.07, 6.45) is 0.105. The number of likely N-dealkylation sites (tertiary alicyclic amines) is 1. The van der Waals surface area contributed by atoms with Gasteiger partial charge in [0.1, 0.15) is 11.3 Å². The lowest BCUT2D eigenvalue weighted by Gasteiger charge is -2.16. The summed E-state index contributed by atoms with van der Waals surface area (Å²) < 4.78 is 30.4. The third-order valence-corrected chi connectivity index (χ3v) is 4.56. The summed E-state index contributed by atoms with van der Waals surface area (Å²) in [4.78, 5) is 14.0. The number of rotatable bonds is 3. The predicted octanol–water partition coefficient (Wildman–Crippen LogP) is 0.476. The second-order valence-electron chi connectivity index (χ2n) is 5.88. The molecule has 1 aliphatic rings. The van der Waals surface area contributed by atoms with Gasteiger partial charge in [-0.25, -0.2) is 13.1 Å².